The molecule has 0 amide bonds. The fourth-order valence-corrected chi connectivity index (χ4v) is 3.01. The van der Waals surface area contributed by atoms with Gasteiger partial charge in [0.2, 0.25) is 0 Å². The van der Waals surface area contributed by atoms with Gasteiger partial charge in [-0.1, -0.05) is 24.3 Å². The van der Waals surface area contributed by atoms with Crippen LogP contribution in [0.1, 0.15) is 16.8 Å². The standard InChI is InChI=1S/C23H24F2N2O3/c1-27(15-18-8-11-21(30-23(24)25)22(13-18)28-2)14-17-6-9-20(10-7-17)29-16-19-5-3-4-12-26-19/h3-13,23H,14-16H2,1-2H3. The molecule has 30 heavy (non-hydrogen) atoms. The molecule has 3 aromatic rings. The molecule has 158 valence electrons. The maximum absolute atomic E-state index is 12.5. The van der Waals surface area contributed by atoms with Gasteiger partial charge >= 0.3 is 6.61 Å². The van der Waals surface area contributed by atoms with Crippen LogP contribution >= 0.6 is 0 Å². The van der Waals surface area contributed by atoms with Crippen LogP contribution in [-0.2, 0) is 19.7 Å². The topological polar surface area (TPSA) is 43.8 Å². The fourth-order valence-electron chi connectivity index (χ4n) is 3.01. The van der Waals surface area contributed by atoms with Gasteiger partial charge in [-0.05, 0) is 54.6 Å². The molecule has 1 heterocycles. The van der Waals surface area contributed by atoms with Crippen molar-refractivity contribution in [3.05, 3.63) is 83.7 Å². The smallest absolute Gasteiger partial charge is 0.387 e. The third-order valence-corrected chi connectivity index (χ3v) is 4.39. The van der Waals surface area contributed by atoms with Crippen LogP contribution in [0.25, 0.3) is 0 Å². The van der Waals surface area contributed by atoms with Crippen molar-refractivity contribution in [3.8, 4) is 17.2 Å². The van der Waals surface area contributed by atoms with Crippen LogP contribution in [0.15, 0.2) is 66.9 Å². The van der Waals surface area contributed by atoms with E-state index in [1.165, 1.54) is 13.2 Å². The first kappa shape index (κ1) is 21.5. The number of hydrogen-bond acceptors (Lipinski definition) is 5. The lowest BCUT2D eigenvalue weighted by Crippen LogP contribution is -2.17. The van der Waals surface area contributed by atoms with Crippen LogP contribution < -0.4 is 14.2 Å². The minimum Gasteiger partial charge on any atom is -0.493 e. The number of halogens is 2. The highest BCUT2D eigenvalue weighted by molar-refractivity contribution is 5.43. The van der Waals surface area contributed by atoms with Crippen molar-refractivity contribution in [1.82, 2.24) is 9.88 Å². The Morgan fingerprint density at radius 2 is 1.67 bits per heavy atom. The maximum atomic E-state index is 12.5. The largest absolute Gasteiger partial charge is 0.493 e. The van der Waals surface area contributed by atoms with Crippen LogP contribution in [-0.4, -0.2) is 30.7 Å². The van der Waals surface area contributed by atoms with Crippen molar-refractivity contribution in [1.29, 1.82) is 0 Å². The molecule has 0 atom stereocenters. The summed E-state index contributed by atoms with van der Waals surface area (Å²) >= 11 is 0. The van der Waals surface area contributed by atoms with Crippen molar-refractivity contribution >= 4 is 0 Å². The Kier molecular flexibility index (Phi) is 7.57. The van der Waals surface area contributed by atoms with E-state index in [0.717, 1.165) is 29.1 Å². The predicted molar refractivity (Wildman–Crippen MR) is 110 cm³/mol. The van der Waals surface area contributed by atoms with E-state index in [0.29, 0.717) is 13.2 Å². The van der Waals surface area contributed by atoms with Crippen molar-refractivity contribution in [2.75, 3.05) is 14.2 Å². The van der Waals surface area contributed by atoms with E-state index in [2.05, 4.69) is 14.6 Å². The van der Waals surface area contributed by atoms with Gasteiger partial charge < -0.3 is 14.2 Å². The highest BCUT2D eigenvalue weighted by atomic mass is 19.3. The van der Waals surface area contributed by atoms with Crippen molar-refractivity contribution in [3.63, 3.8) is 0 Å². The normalized spacial score (nSPS) is 11.0. The number of pyridine rings is 1. The summed E-state index contributed by atoms with van der Waals surface area (Å²) < 4.78 is 40.3. The molecule has 0 N–H and O–H groups in total. The molecular weight excluding hydrogens is 390 g/mol. The van der Waals surface area contributed by atoms with Gasteiger partial charge in [0.05, 0.1) is 12.8 Å². The van der Waals surface area contributed by atoms with Crippen LogP contribution in [0.4, 0.5) is 8.78 Å². The maximum Gasteiger partial charge on any atom is 0.387 e. The monoisotopic (exact) mass is 414 g/mol. The molecule has 0 aliphatic carbocycles. The summed E-state index contributed by atoms with van der Waals surface area (Å²) in [6, 6.07) is 18.6. The van der Waals surface area contributed by atoms with Crippen LogP contribution in [0.2, 0.25) is 0 Å². The molecule has 1 aromatic heterocycles. The molecule has 0 aliphatic rings. The number of aromatic nitrogens is 1. The van der Waals surface area contributed by atoms with E-state index in [4.69, 9.17) is 9.47 Å². The molecule has 0 unspecified atom stereocenters. The summed E-state index contributed by atoms with van der Waals surface area (Å²) in [4.78, 5) is 6.35. The molecule has 0 saturated heterocycles. The first-order chi connectivity index (χ1) is 14.5. The zero-order valence-electron chi connectivity index (χ0n) is 16.9. The third kappa shape index (κ3) is 6.42. The molecule has 2 aromatic carbocycles. The van der Waals surface area contributed by atoms with E-state index in [1.807, 2.05) is 49.5 Å². The number of methoxy groups -OCH3 is 1. The molecule has 0 fully saturated rings. The average molecular weight is 414 g/mol. The van der Waals surface area contributed by atoms with Gasteiger partial charge in [-0.2, -0.15) is 8.78 Å². The Hall–Kier alpha value is -3.19. The molecule has 0 saturated carbocycles. The van der Waals surface area contributed by atoms with Crippen LogP contribution in [0.5, 0.6) is 17.2 Å². The summed E-state index contributed by atoms with van der Waals surface area (Å²) in [5, 5.41) is 0. The number of hydrogen-bond donors (Lipinski definition) is 0. The Morgan fingerprint density at radius 1 is 0.933 bits per heavy atom. The minimum atomic E-state index is -2.89. The lowest BCUT2D eigenvalue weighted by atomic mass is 10.1. The van der Waals surface area contributed by atoms with Gasteiger partial charge in [0.1, 0.15) is 12.4 Å². The van der Waals surface area contributed by atoms with Crippen molar-refractivity contribution in [2.24, 2.45) is 0 Å². The molecule has 0 radical (unpaired) electrons. The fraction of sp³-hybridized carbons (Fsp3) is 0.261. The summed E-state index contributed by atoms with van der Waals surface area (Å²) in [6.07, 6.45) is 1.74. The summed E-state index contributed by atoms with van der Waals surface area (Å²) in [7, 11) is 3.42. The van der Waals surface area contributed by atoms with E-state index in [9.17, 15) is 8.78 Å². The molecule has 5 nitrogen and oxygen atoms in total. The Morgan fingerprint density at radius 3 is 2.33 bits per heavy atom. The quantitative estimate of drug-likeness (QED) is 0.472. The molecule has 3 rings (SSSR count). The van der Waals surface area contributed by atoms with Crippen LogP contribution in [0, 0.1) is 0 Å². The van der Waals surface area contributed by atoms with Crippen LogP contribution in [0.3, 0.4) is 0 Å². The second kappa shape index (κ2) is 10.5. The van der Waals surface area contributed by atoms with E-state index in [-0.39, 0.29) is 11.5 Å². The molecule has 7 heteroatoms. The second-order valence-corrected chi connectivity index (χ2v) is 6.79. The lowest BCUT2D eigenvalue weighted by Gasteiger charge is -2.18. The predicted octanol–water partition coefficient (Wildman–Crippen LogP) is 4.90. The van der Waals surface area contributed by atoms with Crippen molar-refractivity contribution < 1.29 is 23.0 Å². The lowest BCUT2D eigenvalue weighted by molar-refractivity contribution is -0.0512. The van der Waals surface area contributed by atoms with Crippen molar-refractivity contribution in [2.45, 2.75) is 26.3 Å². The first-order valence-corrected chi connectivity index (χ1v) is 9.45. The van der Waals surface area contributed by atoms with Gasteiger partial charge in [-0.3, -0.25) is 9.88 Å². The van der Waals surface area contributed by atoms with Gasteiger partial charge in [-0.15, -0.1) is 0 Å². The highest BCUT2D eigenvalue weighted by Gasteiger charge is 2.12. The zero-order chi connectivity index (χ0) is 21.3. The number of alkyl halides is 2. The summed E-state index contributed by atoms with van der Waals surface area (Å²) in [5.74, 6) is 1.10. The molecule has 0 aliphatic heterocycles. The number of nitrogens with zero attached hydrogens (tertiary/aromatic N) is 2. The Balaban J connectivity index is 1.53. The van der Waals surface area contributed by atoms with Gasteiger partial charge in [0.25, 0.3) is 0 Å². The summed E-state index contributed by atoms with van der Waals surface area (Å²) in [5.41, 5.74) is 2.94. The average Bonchev–Trinajstić information content (AvgIpc) is 2.74. The number of rotatable bonds is 10. The highest BCUT2D eigenvalue weighted by Crippen LogP contribution is 2.30. The number of benzene rings is 2. The SMILES string of the molecule is COc1cc(CN(C)Cc2ccc(OCc3ccccn3)cc2)ccc1OC(F)F. The number of ether oxygens (including phenoxy) is 3. The second-order valence-electron chi connectivity index (χ2n) is 6.79. The van der Waals surface area contributed by atoms with Gasteiger partial charge in [0, 0.05) is 19.3 Å². The van der Waals surface area contributed by atoms with E-state index in [1.54, 1.807) is 18.3 Å². The van der Waals surface area contributed by atoms with E-state index >= 15 is 0 Å². The van der Waals surface area contributed by atoms with Gasteiger partial charge in [-0.25, -0.2) is 0 Å². The third-order valence-electron chi connectivity index (χ3n) is 4.39. The molecule has 0 bridgehead atoms. The summed E-state index contributed by atoms with van der Waals surface area (Å²) in [6.45, 7) is -1.11. The zero-order valence-corrected chi connectivity index (χ0v) is 16.9. The van der Waals surface area contributed by atoms with E-state index < -0.39 is 6.61 Å². The minimum absolute atomic E-state index is 0.0280. The van der Waals surface area contributed by atoms with Gasteiger partial charge in [0.15, 0.2) is 11.5 Å². The Labute approximate surface area is 174 Å². The molecule has 0 spiro atoms. The Bertz CT molecular complexity index is 921. The molecular formula is C23H24F2N2O3. The first-order valence-electron chi connectivity index (χ1n) is 9.45.